The fraction of sp³-hybridized carbons (Fsp3) is 0.636. The average Bonchev–Trinajstić information content (AvgIpc) is 2.86. The standard InChI is InChI=1S/C22H26F6N2O5S/c1-12(2)35-20(32)30-10-13-5-3-4-6-14(11-30)18(13)19(31)29-36(33,34)17-8-15(21(23,24)25)7-16(9-17)22(26,27)28/h7-9,12-14,18H,3-6,10-11H2,1-2H3,(H,29,31). The van der Waals surface area contributed by atoms with Crippen molar-refractivity contribution in [1.29, 1.82) is 0 Å². The zero-order valence-electron chi connectivity index (χ0n) is 19.4. The second kappa shape index (κ2) is 10.1. The minimum atomic E-state index is -5.25. The number of alkyl halides is 6. The Hall–Kier alpha value is -2.51. The molecule has 2 bridgehead atoms. The van der Waals surface area contributed by atoms with Crippen molar-refractivity contribution in [2.45, 2.75) is 62.9 Å². The van der Waals surface area contributed by atoms with E-state index < -0.39 is 68.2 Å². The molecule has 0 spiro atoms. The smallest absolute Gasteiger partial charge is 0.416 e. The number of carbonyl (C=O) groups is 2. The van der Waals surface area contributed by atoms with Gasteiger partial charge in [0, 0.05) is 19.0 Å². The van der Waals surface area contributed by atoms with Gasteiger partial charge in [0.05, 0.1) is 22.1 Å². The van der Waals surface area contributed by atoms with Crippen LogP contribution in [-0.2, 0) is 31.9 Å². The van der Waals surface area contributed by atoms with Gasteiger partial charge in [0.15, 0.2) is 0 Å². The topological polar surface area (TPSA) is 92.8 Å². The molecule has 1 saturated heterocycles. The molecule has 2 atom stereocenters. The van der Waals surface area contributed by atoms with Crippen LogP contribution in [0.15, 0.2) is 23.1 Å². The largest absolute Gasteiger partial charge is 0.447 e. The van der Waals surface area contributed by atoms with E-state index in [1.165, 1.54) is 4.90 Å². The van der Waals surface area contributed by atoms with Gasteiger partial charge >= 0.3 is 18.4 Å². The van der Waals surface area contributed by atoms with Gasteiger partial charge in [-0.25, -0.2) is 17.9 Å². The molecule has 1 aliphatic heterocycles. The fourth-order valence-electron chi connectivity index (χ4n) is 4.80. The van der Waals surface area contributed by atoms with Crippen molar-refractivity contribution in [3.63, 3.8) is 0 Å². The van der Waals surface area contributed by atoms with Crippen LogP contribution in [0.1, 0.15) is 50.7 Å². The number of rotatable bonds is 4. The maximum atomic E-state index is 13.2. The first-order valence-electron chi connectivity index (χ1n) is 11.3. The first kappa shape index (κ1) is 28.1. The number of sulfonamides is 1. The predicted octanol–water partition coefficient (Wildman–Crippen LogP) is 4.81. The van der Waals surface area contributed by atoms with Gasteiger partial charge in [-0.05, 0) is 56.7 Å². The van der Waals surface area contributed by atoms with Crippen LogP contribution >= 0.6 is 0 Å². The molecule has 1 N–H and O–H groups in total. The number of carbonyl (C=O) groups excluding carboxylic acids is 2. The van der Waals surface area contributed by atoms with Crippen LogP contribution in [0.25, 0.3) is 0 Å². The molecular weight excluding hydrogens is 518 g/mol. The number of hydrogen-bond donors (Lipinski definition) is 1. The molecule has 36 heavy (non-hydrogen) atoms. The maximum Gasteiger partial charge on any atom is 0.416 e. The number of likely N-dealkylation sites (tertiary alicyclic amines) is 1. The third kappa shape index (κ3) is 6.43. The average molecular weight is 545 g/mol. The highest BCUT2D eigenvalue weighted by atomic mass is 32.2. The first-order valence-corrected chi connectivity index (χ1v) is 12.8. The van der Waals surface area contributed by atoms with Crippen LogP contribution in [0.5, 0.6) is 0 Å². The Morgan fingerprint density at radius 2 is 1.42 bits per heavy atom. The number of nitrogens with one attached hydrogen (secondary N) is 1. The minimum absolute atomic E-state index is 0.0580. The van der Waals surface area contributed by atoms with E-state index in [4.69, 9.17) is 4.74 Å². The summed E-state index contributed by atoms with van der Waals surface area (Å²) in [7, 11) is -5.07. The Kier molecular flexibility index (Phi) is 7.87. The number of nitrogens with zero attached hydrogens (tertiary/aromatic N) is 1. The molecule has 1 aromatic rings. The van der Waals surface area contributed by atoms with Gasteiger partial charge in [-0.3, -0.25) is 4.79 Å². The summed E-state index contributed by atoms with van der Waals surface area (Å²) in [5.74, 6) is -2.81. The molecule has 1 aromatic carbocycles. The lowest BCUT2D eigenvalue weighted by atomic mass is 9.76. The van der Waals surface area contributed by atoms with E-state index in [2.05, 4.69) is 0 Å². The van der Waals surface area contributed by atoms with Crippen molar-refractivity contribution >= 4 is 22.0 Å². The van der Waals surface area contributed by atoms with Gasteiger partial charge in [0.25, 0.3) is 10.0 Å². The zero-order chi connectivity index (χ0) is 27.1. The number of halogens is 6. The molecule has 14 heteroatoms. The van der Waals surface area contributed by atoms with E-state index >= 15 is 0 Å². The molecule has 2 fully saturated rings. The van der Waals surface area contributed by atoms with Gasteiger partial charge < -0.3 is 9.64 Å². The molecule has 2 unspecified atom stereocenters. The van der Waals surface area contributed by atoms with Crippen molar-refractivity contribution in [3.8, 4) is 0 Å². The minimum Gasteiger partial charge on any atom is -0.447 e. The highest BCUT2D eigenvalue weighted by molar-refractivity contribution is 7.90. The Balaban J connectivity index is 1.88. The third-order valence-corrected chi connectivity index (χ3v) is 7.66. The van der Waals surface area contributed by atoms with Crippen molar-refractivity contribution in [2.24, 2.45) is 17.8 Å². The second-order valence-corrected chi connectivity index (χ2v) is 11.1. The molecule has 202 valence electrons. The molecule has 1 saturated carbocycles. The normalized spacial score (nSPS) is 23.2. The number of piperidine rings is 1. The second-order valence-electron chi connectivity index (χ2n) is 9.38. The first-order chi connectivity index (χ1) is 16.5. The summed E-state index contributed by atoms with van der Waals surface area (Å²) in [4.78, 5) is 25.6. The SMILES string of the molecule is CC(C)OC(=O)N1CC2CCCCC(C1)C2C(=O)NS(=O)(=O)c1cc(C(F)(F)F)cc(C(F)(F)F)c1. The van der Waals surface area contributed by atoms with Gasteiger partial charge in [0.2, 0.25) is 5.91 Å². The van der Waals surface area contributed by atoms with Gasteiger partial charge in [0.1, 0.15) is 0 Å². The number of fused-ring (bicyclic) bond motifs is 2. The van der Waals surface area contributed by atoms with E-state index in [9.17, 15) is 44.3 Å². The molecular formula is C22H26F6N2O5S. The van der Waals surface area contributed by atoms with E-state index in [0.29, 0.717) is 25.7 Å². The van der Waals surface area contributed by atoms with E-state index in [0.717, 1.165) is 0 Å². The Morgan fingerprint density at radius 1 is 0.944 bits per heavy atom. The summed E-state index contributed by atoms with van der Waals surface area (Å²) in [5.41, 5.74) is -3.62. The lowest BCUT2D eigenvalue weighted by Crippen LogP contribution is -2.53. The Morgan fingerprint density at radius 3 is 1.83 bits per heavy atom. The number of ether oxygens (including phenoxy) is 1. The van der Waals surface area contributed by atoms with Crippen molar-refractivity contribution in [1.82, 2.24) is 9.62 Å². The van der Waals surface area contributed by atoms with E-state index in [1.807, 2.05) is 0 Å². The summed E-state index contributed by atoms with van der Waals surface area (Å²) in [6.07, 6.45) is -9.04. The quantitative estimate of drug-likeness (QED) is 0.550. The summed E-state index contributed by atoms with van der Waals surface area (Å²) in [6.45, 7) is 3.58. The molecule has 3 rings (SSSR count). The van der Waals surface area contributed by atoms with Gasteiger partial charge in [-0.1, -0.05) is 12.8 Å². The van der Waals surface area contributed by atoms with Crippen LogP contribution in [0, 0.1) is 17.8 Å². The molecule has 1 aliphatic carbocycles. The fourth-order valence-corrected chi connectivity index (χ4v) is 5.88. The molecule has 2 aliphatic rings. The van der Waals surface area contributed by atoms with Crippen LogP contribution in [0.2, 0.25) is 0 Å². The van der Waals surface area contributed by atoms with Crippen LogP contribution in [0.3, 0.4) is 0 Å². The zero-order valence-corrected chi connectivity index (χ0v) is 20.3. The summed E-state index contributed by atoms with van der Waals surface area (Å²) >= 11 is 0. The molecule has 0 radical (unpaired) electrons. The van der Waals surface area contributed by atoms with Crippen molar-refractivity contribution in [3.05, 3.63) is 29.3 Å². The molecule has 0 aromatic heterocycles. The van der Waals surface area contributed by atoms with Gasteiger partial charge in [-0.2, -0.15) is 26.3 Å². The van der Waals surface area contributed by atoms with Gasteiger partial charge in [-0.15, -0.1) is 0 Å². The lowest BCUT2D eigenvalue weighted by Gasteiger charge is -2.41. The number of hydrogen-bond acceptors (Lipinski definition) is 5. The third-order valence-electron chi connectivity index (χ3n) is 6.33. The van der Waals surface area contributed by atoms with Crippen LogP contribution in [0.4, 0.5) is 31.1 Å². The van der Waals surface area contributed by atoms with E-state index in [-0.39, 0.29) is 37.4 Å². The maximum absolute atomic E-state index is 13.2. The van der Waals surface area contributed by atoms with Crippen molar-refractivity contribution < 1.29 is 49.1 Å². The van der Waals surface area contributed by atoms with E-state index in [1.54, 1.807) is 18.6 Å². The summed E-state index contributed by atoms with van der Waals surface area (Å²) in [6, 6.07) is -0.0772. The van der Waals surface area contributed by atoms with Crippen LogP contribution < -0.4 is 4.72 Å². The highest BCUT2D eigenvalue weighted by Crippen LogP contribution is 2.40. The van der Waals surface area contributed by atoms with Crippen LogP contribution in [-0.4, -0.2) is 44.5 Å². The lowest BCUT2D eigenvalue weighted by molar-refractivity contribution is -0.143. The monoisotopic (exact) mass is 544 g/mol. The molecule has 1 heterocycles. The molecule has 2 amide bonds. The van der Waals surface area contributed by atoms with Crippen molar-refractivity contribution in [2.75, 3.05) is 13.1 Å². The predicted molar refractivity (Wildman–Crippen MR) is 114 cm³/mol. The number of benzene rings is 1. The summed E-state index contributed by atoms with van der Waals surface area (Å²) in [5, 5.41) is 0. The Labute approximate surface area is 204 Å². The molecule has 7 nitrogen and oxygen atoms in total. The summed E-state index contributed by atoms with van der Waals surface area (Å²) < 4.78 is 111. The highest BCUT2D eigenvalue weighted by Gasteiger charge is 2.45. The Bertz CT molecular complexity index is 1050. The number of amides is 2.